The van der Waals surface area contributed by atoms with Gasteiger partial charge in [-0.25, -0.2) is 9.18 Å². The van der Waals surface area contributed by atoms with Crippen molar-refractivity contribution in [3.8, 4) is 5.75 Å². The monoisotopic (exact) mass is 278 g/mol. The van der Waals surface area contributed by atoms with Gasteiger partial charge in [-0.2, -0.15) is 0 Å². The Bertz CT molecular complexity index is 613. The summed E-state index contributed by atoms with van der Waals surface area (Å²) in [6.45, 7) is 0. The number of carbonyl (C=O) groups is 1. The highest BCUT2D eigenvalue weighted by Gasteiger charge is 2.10. The van der Waals surface area contributed by atoms with Crippen LogP contribution >= 0.6 is 11.8 Å². The van der Waals surface area contributed by atoms with Crippen molar-refractivity contribution in [2.75, 3.05) is 0 Å². The first-order chi connectivity index (χ1) is 9.06. The van der Waals surface area contributed by atoms with E-state index in [4.69, 9.17) is 5.11 Å². The molecule has 2 rings (SSSR count). The van der Waals surface area contributed by atoms with Crippen molar-refractivity contribution < 1.29 is 19.4 Å². The van der Waals surface area contributed by atoms with E-state index in [0.717, 1.165) is 4.90 Å². The van der Waals surface area contributed by atoms with Gasteiger partial charge in [0.05, 0.1) is 5.56 Å². The van der Waals surface area contributed by atoms with Crippen molar-refractivity contribution in [1.82, 2.24) is 0 Å². The predicted octanol–water partition coefficient (Wildman–Crippen LogP) is 3.52. The van der Waals surface area contributed by atoms with Gasteiger partial charge in [0, 0.05) is 10.6 Å². The second kappa shape index (κ2) is 5.75. The summed E-state index contributed by atoms with van der Waals surface area (Å²) in [5.74, 6) is -1.33. The van der Waals surface area contributed by atoms with Gasteiger partial charge in [0.25, 0.3) is 0 Å². The number of aromatic carboxylic acids is 1. The molecule has 3 nitrogen and oxygen atoms in total. The van der Waals surface area contributed by atoms with Gasteiger partial charge in [0.15, 0.2) is 0 Å². The summed E-state index contributed by atoms with van der Waals surface area (Å²) in [5.41, 5.74) is 0.363. The van der Waals surface area contributed by atoms with Crippen molar-refractivity contribution >= 4 is 17.7 Å². The van der Waals surface area contributed by atoms with Gasteiger partial charge in [-0.15, -0.1) is 11.8 Å². The molecule has 0 radical (unpaired) electrons. The number of thioether (sulfide) groups is 1. The Balaban J connectivity index is 2.08. The SMILES string of the molecule is O=C(O)c1ccc(CSc2cccc(O)c2)cc1F. The van der Waals surface area contributed by atoms with Gasteiger partial charge in [-0.05, 0) is 35.9 Å². The summed E-state index contributed by atoms with van der Waals surface area (Å²) in [5, 5.41) is 18.0. The van der Waals surface area contributed by atoms with E-state index in [-0.39, 0.29) is 11.3 Å². The van der Waals surface area contributed by atoms with Crippen LogP contribution in [-0.4, -0.2) is 16.2 Å². The molecule has 0 amide bonds. The van der Waals surface area contributed by atoms with Crippen molar-refractivity contribution in [2.24, 2.45) is 0 Å². The molecular weight excluding hydrogens is 267 g/mol. The molecule has 0 aliphatic rings. The topological polar surface area (TPSA) is 57.5 Å². The molecule has 0 unspecified atom stereocenters. The normalized spacial score (nSPS) is 10.4. The number of phenols is 1. The van der Waals surface area contributed by atoms with E-state index in [1.54, 1.807) is 24.3 Å². The van der Waals surface area contributed by atoms with Crippen LogP contribution in [0, 0.1) is 5.82 Å². The smallest absolute Gasteiger partial charge is 0.338 e. The number of halogens is 1. The lowest BCUT2D eigenvalue weighted by atomic mass is 10.1. The average Bonchev–Trinajstić information content (AvgIpc) is 2.36. The van der Waals surface area contributed by atoms with Crippen LogP contribution in [0.3, 0.4) is 0 Å². The molecule has 0 aliphatic carbocycles. The number of phenolic OH excluding ortho intramolecular Hbond substituents is 1. The summed E-state index contributed by atoms with van der Waals surface area (Å²) in [4.78, 5) is 11.5. The second-order valence-corrected chi connectivity index (χ2v) is 4.95. The van der Waals surface area contributed by atoms with E-state index in [1.807, 2.05) is 6.07 Å². The minimum absolute atomic E-state index is 0.178. The number of hydrogen-bond acceptors (Lipinski definition) is 3. The van der Waals surface area contributed by atoms with E-state index in [1.165, 1.54) is 23.9 Å². The van der Waals surface area contributed by atoms with E-state index >= 15 is 0 Å². The second-order valence-electron chi connectivity index (χ2n) is 3.91. The van der Waals surface area contributed by atoms with Crippen LogP contribution in [-0.2, 0) is 5.75 Å². The molecule has 2 aromatic rings. The molecule has 0 fully saturated rings. The van der Waals surface area contributed by atoms with Crippen molar-refractivity contribution in [1.29, 1.82) is 0 Å². The molecule has 2 N–H and O–H groups in total. The lowest BCUT2D eigenvalue weighted by molar-refractivity contribution is 0.0692. The summed E-state index contributed by atoms with van der Waals surface area (Å²) in [6.07, 6.45) is 0. The van der Waals surface area contributed by atoms with Crippen LogP contribution in [0.2, 0.25) is 0 Å². The average molecular weight is 278 g/mol. The van der Waals surface area contributed by atoms with Crippen LogP contribution in [0.1, 0.15) is 15.9 Å². The van der Waals surface area contributed by atoms with E-state index < -0.39 is 11.8 Å². The highest BCUT2D eigenvalue weighted by Crippen LogP contribution is 2.26. The van der Waals surface area contributed by atoms with Gasteiger partial charge < -0.3 is 10.2 Å². The molecule has 0 aromatic heterocycles. The Labute approximate surface area is 113 Å². The molecular formula is C14H11FO3S. The third kappa shape index (κ3) is 3.48. The number of hydrogen-bond donors (Lipinski definition) is 2. The van der Waals surface area contributed by atoms with E-state index in [9.17, 15) is 14.3 Å². The zero-order chi connectivity index (χ0) is 13.8. The molecule has 0 aliphatic heterocycles. The van der Waals surface area contributed by atoms with Crippen LogP contribution in [0.25, 0.3) is 0 Å². The molecule has 0 bridgehead atoms. The number of carboxylic acid groups (broad SMARTS) is 1. The van der Waals surface area contributed by atoms with Gasteiger partial charge in [-0.3, -0.25) is 0 Å². The zero-order valence-corrected chi connectivity index (χ0v) is 10.7. The molecule has 0 saturated heterocycles. The summed E-state index contributed by atoms with van der Waals surface area (Å²) < 4.78 is 13.5. The van der Waals surface area contributed by atoms with Crippen LogP contribution < -0.4 is 0 Å². The van der Waals surface area contributed by atoms with Crippen molar-refractivity contribution in [2.45, 2.75) is 10.6 Å². The Morgan fingerprint density at radius 1 is 1.21 bits per heavy atom. The Morgan fingerprint density at radius 2 is 2.00 bits per heavy atom. The van der Waals surface area contributed by atoms with Crippen LogP contribution in [0.4, 0.5) is 4.39 Å². The number of carboxylic acids is 1. The van der Waals surface area contributed by atoms with Gasteiger partial charge in [0.1, 0.15) is 11.6 Å². The third-order valence-electron chi connectivity index (χ3n) is 2.49. The third-order valence-corrected chi connectivity index (χ3v) is 3.55. The Hall–Kier alpha value is -2.01. The molecule has 0 atom stereocenters. The first kappa shape index (κ1) is 13.4. The van der Waals surface area contributed by atoms with E-state index in [0.29, 0.717) is 11.3 Å². The van der Waals surface area contributed by atoms with Crippen LogP contribution in [0.15, 0.2) is 47.4 Å². The quantitative estimate of drug-likeness (QED) is 0.840. The molecule has 98 valence electrons. The largest absolute Gasteiger partial charge is 0.508 e. The minimum atomic E-state index is -1.27. The standard InChI is InChI=1S/C14H11FO3S/c15-13-6-9(4-5-12(13)14(17)18)8-19-11-3-1-2-10(16)7-11/h1-7,16H,8H2,(H,17,18). The number of aromatic hydroxyl groups is 1. The maximum absolute atomic E-state index is 13.5. The van der Waals surface area contributed by atoms with Crippen LogP contribution in [0.5, 0.6) is 5.75 Å². The maximum Gasteiger partial charge on any atom is 0.338 e. The lowest BCUT2D eigenvalue weighted by Gasteiger charge is -2.04. The van der Waals surface area contributed by atoms with E-state index in [2.05, 4.69) is 0 Å². The minimum Gasteiger partial charge on any atom is -0.508 e. The van der Waals surface area contributed by atoms with Gasteiger partial charge >= 0.3 is 5.97 Å². The summed E-state index contributed by atoms with van der Waals surface area (Å²) in [7, 11) is 0. The first-order valence-corrected chi connectivity index (χ1v) is 6.48. The number of benzene rings is 2. The van der Waals surface area contributed by atoms with Crippen molar-refractivity contribution in [3.05, 3.63) is 59.4 Å². The highest BCUT2D eigenvalue weighted by atomic mass is 32.2. The highest BCUT2D eigenvalue weighted by molar-refractivity contribution is 7.98. The Morgan fingerprint density at radius 3 is 2.63 bits per heavy atom. The fourth-order valence-electron chi connectivity index (χ4n) is 1.56. The summed E-state index contributed by atoms with van der Waals surface area (Å²) in [6, 6.07) is 10.8. The Kier molecular flexibility index (Phi) is 4.06. The maximum atomic E-state index is 13.5. The lowest BCUT2D eigenvalue weighted by Crippen LogP contribution is -2.00. The number of rotatable bonds is 4. The zero-order valence-electron chi connectivity index (χ0n) is 9.84. The van der Waals surface area contributed by atoms with Crippen molar-refractivity contribution in [3.63, 3.8) is 0 Å². The fourth-order valence-corrected chi connectivity index (χ4v) is 2.45. The first-order valence-electron chi connectivity index (χ1n) is 5.50. The van der Waals surface area contributed by atoms with Gasteiger partial charge in [0.2, 0.25) is 0 Å². The molecule has 5 heteroatoms. The van der Waals surface area contributed by atoms with Gasteiger partial charge in [-0.1, -0.05) is 12.1 Å². The molecule has 2 aromatic carbocycles. The molecule has 0 spiro atoms. The summed E-state index contributed by atoms with van der Waals surface area (Å²) >= 11 is 1.44. The molecule has 19 heavy (non-hydrogen) atoms. The predicted molar refractivity (Wildman–Crippen MR) is 71.0 cm³/mol. The molecule has 0 saturated carbocycles. The fraction of sp³-hybridized carbons (Fsp3) is 0.0714. The molecule has 0 heterocycles.